The van der Waals surface area contributed by atoms with E-state index in [1.54, 1.807) is 20.8 Å². The van der Waals surface area contributed by atoms with Gasteiger partial charge in [-0.2, -0.15) is 0 Å². The molecule has 0 fully saturated rings. The summed E-state index contributed by atoms with van der Waals surface area (Å²) in [6.45, 7) is 10.9. The van der Waals surface area contributed by atoms with Crippen molar-refractivity contribution in [1.29, 1.82) is 0 Å². The summed E-state index contributed by atoms with van der Waals surface area (Å²) >= 11 is 0. The molecule has 0 bridgehead atoms. The Hall–Kier alpha value is -1.26. The molecule has 1 N–H and O–H groups in total. The van der Waals surface area contributed by atoms with Crippen LogP contribution in [0.4, 0.5) is 4.79 Å². The molecule has 1 amide bonds. The molecule has 0 atom stereocenters. The molecule has 0 spiro atoms. The Morgan fingerprint density at radius 3 is 1.94 bits per heavy atom. The molecule has 0 aliphatic heterocycles. The summed E-state index contributed by atoms with van der Waals surface area (Å²) < 4.78 is 4.89. The molecule has 0 radical (unpaired) electrons. The third-order valence-corrected chi connectivity index (χ3v) is 1.32. The molecule has 16 heavy (non-hydrogen) atoms. The van der Waals surface area contributed by atoms with Gasteiger partial charge < -0.3 is 9.57 Å². The molecule has 5 nitrogen and oxygen atoms in total. The SMILES string of the molecule is CC(C)(C)CC(=O)ONC(=O)OC(C)(C)C. The molecule has 0 unspecified atom stereocenters. The average molecular weight is 231 g/mol. The molecule has 0 saturated heterocycles. The Balaban J connectivity index is 3.90. The third kappa shape index (κ3) is 9.30. The van der Waals surface area contributed by atoms with Crippen molar-refractivity contribution in [3.05, 3.63) is 0 Å². The second-order valence-corrected chi connectivity index (χ2v) is 5.82. The van der Waals surface area contributed by atoms with E-state index in [4.69, 9.17) is 4.74 Å². The molecule has 94 valence electrons. The summed E-state index contributed by atoms with van der Waals surface area (Å²) in [5.41, 5.74) is 1.17. The first-order valence-corrected chi connectivity index (χ1v) is 5.18. The fourth-order valence-corrected chi connectivity index (χ4v) is 0.867. The highest BCUT2D eigenvalue weighted by atomic mass is 16.7. The van der Waals surface area contributed by atoms with Crippen molar-refractivity contribution in [2.45, 2.75) is 53.6 Å². The molecule has 0 aromatic rings. The highest BCUT2D eigenvalue weighted by Gasteiger charge is 2.20. The number of ether oxygens (including phenoxy) is 1. The first-order valence-electron chi connectivity index (χ1n) is 5.18. The number of carbonyl (C=O) groups is 2. The smallest absolute Gasteiger partial charge is 0.441 e. The molecule has 0 aliphatic rings. The second-order valence-electron chi connectivity index (χ2n) is 5.82. The predicted molar refractivity (Wildman–Crippen MR) is 59.5 cm³/mol. The first-order chi connectivity index (χ1) is 6.99. The van der Waals surface area contributed by atoms with Crippen molar-refractivity contribution in [3.63, 3.8) is 0 Å². The Kier molecular flexibility index (Phi) is 4.78. The minimum absolute atomic E-state index is 0.174. The van der Waals surface area contributed by atoms with E-state index in [9.17, 15) is 9.59 Å². The molecule has 0 aromatic carbocycles. The summed E-state index contributed by atoms with van der Waals surface area (Å²) in [5, 5.41) is 0. The van der Waals surface area contributed by atoms with Gasteiger partial charge in [-0.05, 0) is 26.2 Å². The van der Waals surface area contributed by atoms with E-state index in [0.717, 1.165) is 0 Å². The van der Waals surface area contributed by atoms with E-state index in [0.29, 0.717) is 0 Å². The van der Waals surface area contributed by atoms with Gasteiger partial charge in [0.2, 0.25) is 0 Å². The summed E-state index contributed by atoms with van der Waals surface area (Å²) in [6, 6.07) is 0. The highest BCUT2D eigenvalue weighted by molar-refractivity contribution is 5.73. The largest absolute Gasteiger partial charge is 0.442 e. The Labute approximate surface area is 96.4 Å². The number of rotatable bonds is 1. The molecule has 0 aromatic heterocycles. The fraction of sp³-hybridized carbons (Fsp3) is 0.818. The van der Waals surface area contributed by atoms with E-state index >= 15 is 0 Å². The number of carbonyl (C=O) groups excluding carboxylic acids is 2. The lowest BCUT2D eigenvalue weighted by atomic mass is 9.93. The Bertz CT molecular complexity index is 232. The van der Waals surface area contributed by atoms with Crippen molar-refractivity contribution in [1.82, 2.24) is 5.48 Å². The van der Waals surface area contributed by atoms with E-state index in [1.807, 2.05) is 26.3 Å². The monoisotopic (exact) mass is 231 g/mol. The van der Waals surface area contributed by atoms with Crippen molar-refractivity contribution in [3.8, 4) is 0 Å². The van der Waals surface area contributed by atoms with E-state index in [1.165, 1.54) is 0 Å². The Morgan fingerprint density at radius 2 is 1.56 bits per heavy atom. The van der Waals surface area contributed by atoms with Crippen LogP contribution in [0.5, 0.6) is 0 Å². The lowest BCUT2D eigenvalue weighted by Gasteiger charge is -2.20. The van der Waals surface area contributed by atoms with Gasteiger partial charge in [-0.25, -0.2) is 9.59 Å². The van der Waals surface area contributed by atoms with Gasteiger partial charge in [-0.15, -0.1) is 5.48 Å². The average Bonchev–Trinajstić information content (AvgIpc) is 1.94. The van der Waals surface area contributed by atoms with Crippen LogP contribution in [-0.2, 0) is 14.4 Å². The first kappa shape index (κ1) is 14.7. The summed E-state index contributed by atoms with van der Waals surface area (Å²) in [6.07, 6.45) is -0.544. The van der Waals surface area contributed by atoms with Crippen LogP contribution in [0.15, 0.2) is 0 Å². The van der Waals surface area contributed by atoms with Crippen LogP contribution in [-0.4, -0.2) is 17.7 Å². The second kappa shape index (κ2) is 5.18. The van der Waals surface area contributed by atoms with Crippen LogP contribution in [0, 0.1) is 5.41 Å². The maximum absolute atomic E-state index is 11.2. The van der Waals surface area contributed by atoms with Gasteiger partial charge in [0.15, 0.2) is 0 Å². The van der Waals surface area contributed by atoms with Crippen LogP contribution in [0.25, 0.3) is 0 Å². The zero-order chi connectivity index (χ0) is 13.0. The van der Waals surface area contributed by atoms with Gasteiger partial charge in [0.25, 0.3) is 0 Å². The normalized spacial score (nSPS) is 11.9. The van der Waals surface area contributed by atoms with Crippen molar-refractivity contribution in [2.75, 3.05) is 0 Å². The number of amides is 1. The van der Waals surface area contributed by atoms with Crippen molar-refractivity contribution >= 4 is 12.1 Å². The van der Waals surface area contributed by atoms with Crippen LogP contribution in [0.3, 0.4) is 0 Å². The van der Waals surface area contributed by atoms with Gasteiger partial charge >= 0.3 is 12.1 Å². The fourth-order valence-electron chi connectivity index (χ4n) is 0.867. The molecule has 0 aliphatic carbocycles. The molecule has 5 heteroatoms. The highest BCUT2D eigenvalue weighted by Crippen LogP contribution is 2.18. The topological polar surface area (TPSA) is 64.6 Å². The predicted octanol–water partition coefficient (Wildman–Crippen LogP) is 2.41. The Morgan fingerprint density at radius 1 is 1.06 bits per heavy atom. The molecular formula is C11H21NO4. The summed E-state index contributed by atoms with van der Waals surface area (Å²) in [4.78, 5) is 26.9. The van der Waals surface area contributed by atoms with Crippen LogP contribution >= 0.6 is 0 Å². The van der Waals surface area contributed by atoms with Gasteiger partial charge in [0, 0.05) is 0 Å². The molecule has 0 rings (SSSR count). The number of nitrogens with one attached hydrogen (secondary N) is 1. The van der Waals surface area contributed by atoms with Crippen LogP contribution < -0.4 is 5.48 Å². The number of hydrogen-bond acceptors (Lipinski definition) is 4. The summed E-state index contributed by atoms with van der Waals surface area (Å²) in [5.74, 6) is -0.488. The standard InChI is InChI=1S/C11H21NO4/c1-10(2,3)7-8(13)16-12-9(14)15-11(4,5)6/h7H2,1-6H3,(H,12,14). The van der Waals surface area contributed by atoms with Crippen molar-refractivity contribution in [2.24, 2.45) is 5.41 Å². The summed E-state index contributed by atoms with van der Waals surface area (Å²) in [7, 11) is 0. The zero-order valence-corrected chi connectivity index (χ0v) is 10.8. The van der Waals surface area contributed by atoms with E-state index in [2.05, 4.69) is 4.84 Å². The van der Waals surface area contributed by atoms with Gasteiger partial charge in [-0.3, -0.25) is 0 Å². The van der Waals surface area contributed by atoms with Crippen LogP contribution in [0.1, 0.15) is 48.0 Å². The van der Waals surface area contributed by atoms with Gasteiger partial charge in [-0.1, -0.05) is 20.8 Å². The maximum Gasteiger partial charge on any atom is 0.441 e. The zero-order valence-electron chi connectivity index (χ0n) is 10.8. The van der Waals surface area contributed by atoms with Crippen LogP contribution in [0.2, 0.25) is 0 Å². The minimum atomic E-state index is -0.769. The lowest BCUT2D eigenvalue weighted by Crippen LogP contribution is -2.34. The number of hydroxylamine groups is 1. The lowest BCUT2D eigenvalue weighted by molar-refractivity contribution is -0.152. The van der Waals surface area contributed by atoms with Crippen molar-refractivity contribution < 1.29 is 19.2 Å². The molecule has 0 saturated carbocycles. The molecular weight excluding hydrogens is 210 g/mol. The minimum Gasteiger partial charge on any atom is -0.442 e. The van der Waals surface area contributed by atoms with Gasteiger partial charge in [0.1, 0.15) is 5.60 Å². The number of hydrogen-bond donors (Lipinski definition) is 1. The molecule has 0 heterocycles. The van der Waals surface area contributed by atoms with Gasteiger partial charge in [0.05, 0.1) is 6.42 Å². The quantitative estimate of drug-likeness (QED) is 0.704. The van der Waals surface area contributed by atoms with E-state index in [-0.39, 0.29) is 11.8 Å². The third-order valence-electron chi connectivity index (χ3n) is 1.32. The maximum atomic E-state index is 11.2. The van der Waals surface area contributed by atoms with E-state index < -0.39 is 17.7 Å².